The molecule has 0 N–H and O–H groups in total. The second-order valence-corrected chi connectivity index (χ2v) is 9.26. The number of carbonyl (C=O) groups is 2. The van der Waals surface area contributed by atoms with Crippen molar-refractivity contribution < 1.29 is 14.3 Å². The molecule has 1 heterocycles. The van der Waals surface area contributed by atoms with Crippen molar-refractivity contribution in [3.63, 3.8) is 0 Å². The van der Waals surface area contributed by atoms with Gasteiger partial charge in [0.2, 0.25) is 5.91 Å². The van der Waals surface area contributed by atoms with Gasteiger partial charge in [0.15, 0.2) is 0 Å². The zero-order valence-electron chi connectivity index (χ0n) is 18.5. The van der Waals surface area contributed by atoms with E-state index < -0.39 is 0 Å². The molecular weight excluding hydrogens is 362 g/mol. The first-order chi connectivity index (χ1) is 13.6. The number of rotatable bonds is 5. The molecule has 1 aromatic rings. The minimum Gasteiger partial charge on any atom is -0.463 e. The van der Waals surface area contributed by atoms with Crippen LogP contribution in [0, 0.1) is 5.92 Å². The summed E-state index contributed by atoms with van der Waals surface area (Å²) in [7, 11) is 0. The molecular formula is C25H33NO3. The summed E-state index contributed by atoms with van der Waals surface area (Å²) in [5.41, 5.74) is 4.65. The van der Waals surface area contributed by atoms with Gasteiger partial charge in [-0.05, 0) is 66.2 Å². The third-order valence-corrected chi connectivity index (χ3v) is 6.54. The molecule has 1 aliphatic heterocycles. The lowest BCUT2D eigenvalue weighted by atomic mass is 9.76. The zero-order valence-corrected chi connectivity index (χ0v) is 18.5. The second kappa shape index (κ2) is 7.81. The van der Waals surface area contributed by atoms with Gasteiger partial charge in [0, 0.05) is 25.2 Å². The van der Waals surface area contributed by atoms with Gasteiger partial charge in [-0.15, -0.1) is 0 Å². The van der Waals surface area contributed by atoms with E-state index in [1.807, 2.05) is 17.9 Å². The van der Waals surface area contributed by atoms with Gasteiger partial charge >= 0.3 is 5.97 Å². The highest BCUT2D eigenvalue weighted by atomic mass is 16.5. The predicted octanol–water partition coefficient (Wildman–Crippen LogP) is 5.06. The number of anilines is 1. The molecule has 29 heavy (non-hydrogen) atoms. The molecule has 156 valence electrons. The van der Waals surface area contributed by atoms with Gasteiger partial charge in [0.05, 0.1) is 6.61 Å². The first-order valence-electron chi connectivity index (χ1n) is 10.5. The summed E-state index contributed by atoms with van der Waals surface area (Å²) in [6.45, 7) is 13.3. The fraction of sp³-hybridized carbons (Fsp3) is 0.520. The number of amides is 1. The molecule has 1 aromatic carbocycles. The van der Waals surface area contributed by atoms with Crippen molar-refractivity contribution in [2.45, 2.75) is 65.2 Å². The van der Waals surface area contributed by atoms with Crippen LogP contribution >= 0.6 is 0 Å². The molecule has 0 unspecified atom stereocenters. The molecule has 4 heteroatoms. The van der Waals surface area contributed by atoms with Crippen molar-refractivity contribution in [1.82, 2.24) is 0 Å². The highest BCUT2D eigenvalue weighted by Crippen LogP contribution is 2.56. The van der Waals surface area contributed by atoms with Gasteiger partial charge in [-0.3, -0.25) is 4.79 Å². The lowest BCUT2D eigenvalue weighted by Gasteiger charge is -2.39. The summed E-state index contributed by atoms with van der Waals surface area (Å²) in [6, 6.07) is 6.68. The van der Waals surface area contributed by atoms with Gasteiger partial charge in [-0.2, -0.15) is 0 Å². The SMILES string of the molecule is CCOC(=O)C=C(C)C=C[C@@H]1C[C@]1(C)c1ccc2c(c1)N(C(C)=O)CCC2(C)C. The van der Waals surface area contributed by atoms with Crippen LogP contribution in [0.2, 0.25) is 0 Å². The lowest BCUT2D eigenvalue weighted by Crippen LogP contribution is -2.40. The smallest absolute Gasteiger partial charge is 0.330 e. The minimum absolute atomic E-state index is 0.0692. The molecule has 0 aromatic heterocycles. The van der Waals surface area contributed by atoms with E-state index in [9.17, 15) is 9.59 Å². The van der Waals surface area contributed by atoms with E-state index in [1.165, 1.54) is 17.2 Å². The summed E-state index contributed by atoms with van der Waals surface area (Å²) >= 11 is 0. The molecule has 1 amide bonds. The average molecular weight is 396 g/mol. The monoisotopic (exact) mass is 395 g/mol. The Morgan fingerprint density at radius 3 is 2.62 bits per heavy atom. The summed E-state index contributed by atoms with van der Waals surface area (Å²) in [6.07, 6.45) is 7.78. The number of hydrogen-bond donors (Lipinski definition) is 0. The van der Waals surface area contributed by atoms with Crippen LogP contribution < -0.4 is 4.90 Å². The highest BCUT2D eigenvalue weighted by molar-refractivity contribution is 5.93. The maximum atomic E-state index is 12.2. The molecule has 4 nitrogen and oxygen atoms in total. The van der Waals surface area contributed by atoms with Crippen LogP contribution in [0.15, 0.2) is 42.0 Å². The van der Waals surface area contributed by atoms with Crippen LogP contribution in [0.4, 0.5) is 5.69 Å². The van der Waals surface area contributed by atoms with Gasteiger partial charge in [-0.1, -0.05) is 45.1 Å². The fourth-order valence-electron chi connectivity index (χ4n) is 4.35. The van der Waals surface area contributed by atoms with Crippen molar-refractivity contribution in [2.75, 3.05) is 18.1 Å². The molecule has 1 fully saturated rings. The molecule has 0 radical (unpaired) electrons. The van der Waals surface area contributed by atoms with Gasteiger partial charge in [0.25, 0.3) is 0 Å². The van der Waals surface area contributed by atoms with E-state index in [1.54, 1.807) is 13.8 Å². The Bertz CT molecular complexity index is 880. The van der Waals surface area contributed by atoms with Crippen molar-refractivity contribution in [2.24, 2.45) is 5.92 Å². The summed E-state index contributed by atoms with van der Waals surface area (Å²) in [5.74, 6) is 0.235. The van der Waals surface area contributed by atoms with E-state index in [-0.39, 0.29) is 22.7 Å². The Balaban J connectivity index is 1.82. The average Bonchev–Trinajstić information content (AvgIpc) is 3.31. The Hall–Kier alpha value is -2.36. The minimum atomic E-state index is -0.296. The second-order valence-electron chi connectivity index (χ2n) is 9.26. The number of nitrogens with zero attached hydrogens (tertiary/aromatic N) is 1. The number of benzene rings is 1. The molecule has 3 rings (SSSR count). The van der Waals surface area contributed by atoms with E-state index in [0.717, 1.165) is 30.6 Å². The van der Waals surface area contributed by atoms with Crippen LogP contribution in [-0.2, 0) is 25.2 Å². The maximum Gasteiger partial charge on any atom is 0.330 e. The molecule has 0 saturated heterocycles. The van der Waals surface area contributed by atoms with Gasteiger partial charge in [0.1, 0.15) is 0 Å². The molecule has 1 aliphatic carbocycles. The van der Waals surface area contributed by atoms with Crippen LogP contribution in [0.3, 0.4) is 0 Å². The zero-order chi connectivity index (χ0) is 21.4. The molecule has 0 spiro atoms. The molecule has 0 bridgehead atoms. The Morgan fingerprint density at radius 1 is 1.24 bits per heavy atom. The number of carbonyl (C=O) groups excluding carboxylic acids is 2. The number of fused-ring (bicyclic) bond motifs is 1. The summed E-state index contributed by atoms with van der Waals surface area (Å²) in [5, 5.41) is 0. The maximum absolute atomic E-state index is 12.2. The number of esters is 1. The van der Waals surface area contributed by atoms with Crippen molar-refractivity contribution in [1.29, 1.82) is 0 Å². The summed E-state index contributed by atoms with van der Waals surface area (Å²) < 4.78 is 4.96. The van der Waals surface area contributed by atoms with E-state index in [0.29, 0.717) is 12.5 Å². The third-order valence-electron chi connectivity index (χ3n) is 6.54. The van der Waals surface area contributed by atoms with Crippen LogP contribution in [0.25, 0.3) is 0 Å². The fourth-order valence-corrected chi connectivity index (χ4v) is 4.35. The lowest BCUT2D eigenvalue weighted by molar-refractivity contribution is -0.137. The standard InChI is InChI=1S/C25H33NO3/c1-7-29-23(28)14-17(2)8-9-20-16-25(20,6)19-10-11-21-22(15-19)26(18(3)27)13-12-24(21,4)5/h8-11,14-15,20H,7,12-13,16H2,1-6H3/t20-,25-/m1/s1. The van der Waals surface area contributed by atoms with E-state index in [2.05, 4.69) is 45.0 Å². The number of hydrogen-bond acceptors (Lipinski definition) is 3. The van der Waals surface area contributed by atoms with E-state index >= 15 is 0 Å². The number of allylic oxidation sites excluding steroid dienone is 3. The van der Waals surface area contributed by atoms with Crippen molar-refractivity contribution in [3.8, 4) is 0 Å². The highest BCUT2D eigenvalue weighted by Gasteiger charge is 2.50. The third kappa shape index (κ3) is 4.31. The predicted molar refractivity (Wildman–Crippen MR) is 117 cm³/mol. The molecule has 2 atom stereocenters. The van der Waals surface area contributed by atoms with Crippen LogP contribution in [0.1, 0.15) is 65.5 Å². The Morgan fingerprint density at radius 2 is 1.97 bits per heavy atom. The Kier molecular flexibility index (Phi) is 5.75. The molecule has 1 saturated carbocycles. The quantitative estimate of drug-likeness (QED) is 0.397. The van der Waals surface area contributed by atoms with Crippen molar-refractivity contribution >= 4 is 17.6 Å². The largest absolute Gasteiger partial charge is 0.463 e. The topological polar surface area (TPSA) is 46.6 Å². The van der Waals surface area contributed by atoms with Crippen molar-refractivity contribution in [3.05, 3.63) is 53.1 Å². The summed E-state index contributed by atoms with van der Waals surface area (Å²) in [4.78, 5) is 25.7. The first kappa shape index (κ1) is 21.4. The normalized spacial score (nSPS) is 25.7. The van der Waals surface area contributed by atoms with Crippen LogP contribution in [0.5, 0.6) is 0 Å². The number of ether oxygens (including phenoxy) is 1. The van der Waals surface area contributed by atoms with E-state index in [4.69, 9.17) is 4.74 Å². The first-order valence-corrected chi connectivity index (χ1v) is 10.5. The Labute approximate surface area is 174 Å². The van der Waals surface area contributed by atoms with Gasteiger partial charge < -0.3 is 9.64 Å². The van der Waals surface area contributed by atoms with Crippen LogP contribution in [-0.4, -0.2) is 25.0 Å². The van der Waals surface area contributed by atoms with Gasteiger partial charge in [-0.25, -0.2) is 4.79 Å². The molecule has 2 aliphatic rings.